The first-order valence-electron chi connectivity index (χ1n) is 6.95. The highest BCUT2D eigenvalue weighted by Crippen LogP contribution is 2.23. The summed E-state index contributed by atoms with van der Waals surface area (Å²) in [5.41, 5.74) is 6.15. The first kappa shape index (κ1) is 17.5. The zero-order chi connectivity index (χ0) is 15.2. The number of hydrogen-bond acceptors (Lipinski definition) is 3. The third kappa shape index (κ3) is 5.07. The molecular weight excluding hydrogens is 340 g/mol. The van der Waals surface area contributed by atoms with Crippen LogP contribution < -0.4 is 10.5 Å². The zero-order valence-corrected chi connectivity index (χ0v) is 14.4. The Bertz CT molecular complexity index is 532. The molecule has 1 aromatic rings. The number of halogens is 1. The lowest BCUT2D eigenvalue weighted by Gasteiger charge is -2.15. The topological polar surface area (TPSA) is 72.2 Å². The molecule has 0 saturated heterocycles. The molecule has 114 valence electrons. The lowest BCUT2D eigenvalue weighted by Crippen LogP contribution is -2.29. The lowest BCUT2D eigenvalue weighted by atomic mass is 10.00. The molecule has 0 aliphatic carbocycles. The third-order valence-corrected chi connectivity index (χ3v) is 5.53. The molecule has 1 atom stereocenters. The summed E-state index contributed by atoms with van der Waals surface area (Å²) in [6, 6.07) is 4.67. The highest BCUT2D eigenvalue weighted by molar-refractivity contribution is 9.10. The molecule has 0 fully saturated rings. The van der Waals surface area contributed by atoms with Gasteiger partial charge in [-0.2, -0.15) is 0 Å². The molecule has 0 amide bonds. The molecule has 0 aliphatic heterocycles. The van der Waals surface area contributed by atoms with Crippen LogP contribution in [0, 0.1) is 5.92 Å². The van der Waals surface area contributed by atoms with Gasteiger partial charge in [-0.05, 0) is 46.5 Å². The Morgan fingerprint density at radius 2 is 2.05 bits per heavy atom. The van der Waals surface area contributed by atoms with Crippen molar-refractivity contribution in [2.45, 2.75) is 44.4 Å². The summed E-state index contributed by atoms with van der Waals surface area (Å²) in [6.07, 6.45) is 4.29. The van der Waals surface area contributed by atoms with Gasteiger partial charge < -0.3 is 5.73 Å². The van der Waals surface area contributed by atoms with E-state index in [1.807, 2.05) is 0 Å². The summed E-state index contributed by atoms with van der Waals surface area (Å²) < 4.78 is 27.8. The second kappa shape index (κ2) is 8.00. The van der Waals surface area contributed by atoms with E-state index in [1.165, 1.54) is 6.07 Å². The molecule has 1 aromatic carbocycles. The van der Waals surface area contributed by atoms with Crippen molar-refractivity contribution in [1.82, 2.24) is 4.72 Å². The van der Waals surface area contributed by atoms with Crippen LogP contribution in [-0.4, -0.2) is 15.0 Å². The molecule has 1 rings (SSSR count). The Morgan fingerprint density at radius 3 is 2.60 bits per heavy atom. The Balaban J connectivity index is 2.71. The molecule has 0 heterocycles. The van der Waals surface area contributed by atoms with Crippen LogP contribution in [0.25, 0.3) is 0 Å². The number of nitrogens with one attached hydrogen (secondary N) is 1. The van der Waals surface area contributed by atoms with E-state index >= 15 is 0 Å². The van der Waals surface area contributed by atoms with Crippen molar-refractivity contribution in [3.63, 3.8) is 0 Å². The molecule has 3 N–H and O–H groups in total. The Labute approximate surface area is 130 Å². The van der Waals surface area contributed by atoms with Crippen LogP contribution in [-0.2, 0) is 10.0 Å². The van der Waals surface area contributed by atoms with E-state index in [1.54, 1.807) is 12.1 Å². The summed E-state index contributed by atoms with van der Waals surface area (Å²) in [4.78, 5) is 0.212. The number of benzene rings is 1. The van der Waals surface area contributed by atoms with Crippen LogP contribution in [0.3, 0.4) is 0 Å². The van der Waals surface area contributed by atoms with Gasteiger partial charge in [0.15, 0.2) is 0 Å². The smallest absolute Gasteiger partial charge is 0.240 e. The molecule has 1 unspecified atom stereocenters. The van der Waals surface area contributed by atoms with Gasteiger partial charge in [0.1, 0.15) is 0 Å². The van der Waals surface area contributed by atoms with Gasteiger partial charge in [-0.1, -0.05) is 33.1 Å². The van der Waals surface area contributed by atoms with E-state index in [0.717, 1.165) is 25.7 Å². The van der Waals surface area contributed by atoms with E-state index < -0.39 is 10.0 Å². The summed E-state index contributed by atoms with van der Waals surface area (Å²) in [6.45, 7) is 4.71. The highest BCUT2D eigenvalue weighted by Gasteiger charge is 2.17. The van der Waals surface area contributed by atoms with Crippen molar-refractivity contribution >= 4 is 31.6 Å². The predicted octanol–water partition coefficient (Wildman–Crippen LogP) is 3.53. The molecule has 0 bridgehead atoms. The fourth-order valence-corrected chi connectivity index (χ4v) is 3.34. The first-order chi connectivity index (χ1) is 9.40. The average Bonchev–Trinajstić information content (AvgIpc) is 2.42. The molecule has 0 spiro atoms. The van der Waals surface area contributed by atoms with Crippen LogP contribution >= 0.6 is 15.9 Å². The average molecular weight is 363 g/mol. The van der Waals surface area contributed by atoms with Gasteiger partial charge >= 0.3 is 0 Å². The number of unbranched alkanes of at least 4 members (excludes halogenated alkanes) is 1. The molecule has 20 heavy (non-hydrogen) atoms. The Hall–Kier alpha value is -0.590. The van der Waals surface area contributed by atoms with Gasteiger partial charge in [0.25, 0.3) is 0 Å². The second-order valence-corrected chi connectivity index (χ2v) is 7.57. The van der Waals surface area contributed by atoms with Gasteiger partial charge in [-0.25, -0.2) is 13.1 Å². The van der Waals surface area contributed by atoms with Crippen molar-refractivity contribution in [2.24, 2.45) is 5.92 Å². The molecular formula is C14H23BrN2O2S. The van der Waals surface area contributed by atoms with Crippen molar-refractivity contribution < 1.29 is 8.42 Å². The largest absolute Gasteiger partial charge is 0.398 e. The predicted molar refractivity (Wildman–Crippen MR) is 87.0 cm³/mol. The van der Waals surface area contributed by atoms with Crippen LogP contribution in [0.15, 0.2) is 27.6 Å². The second-order valence-electron chi connectivity index (χ2n) is 4.95. The maximum Gasteiger partial charge on any atom is 0.240 e. The fraction of sp³-hybridized carbons (Fsp3) is 0.571. The first-order valence-corrected chi connectivity index (χ1v) is 9.23. The quantitative estimate of drug-likeness (QED) is 0.694. The molecule has 4 nitrogen and oxygen atoms in total. The van der Waals surface area contributed by atoms with E-state index in [-0.39, 0.29) is 4.90 Å². The third-order valence-electron chi connectivity index (χ3n) is 3.38. The van der Waals surface area contributed by atoms with Gasteiger partial charge in [0, 0.05) is 16.7 Å². The fourth-order valence-electron chi connectivity index (χ4n) is 1.94. The number of anilines is 1. The van der Waals surface area contributed by atoms with Gasteiger partial charge in [-0.3, -0.25) is 0 Å². The molecule has 0 aromatic heterocycles. The Kier molecular flexibility index (Phi) is 6.99. The number of hydrogen-bond donors (Lipinski definition) is 2. The van der Waals surface area contributed by atoms with Crippen LogP contribution in [0.2, 0.25) is 0 Å². The van der Waals surface area contributed by atoms with Gasteiger partial charge in [0.2, 0.25) is 10.0 Å². The van der Waals surface area contributed by atoms with E-state index in [2.05, 4.69) is 34.5 Å². The summed E-state index contributed by atoms with van der Waals surface area (Å²) in [5.74, 6) is 0.387. The van der Waals surface area contributed by atoms with Crippen LogP contribution in [0.1, 0.15) is 39.5 Å². The van der Waals surface area contributed by atoms with Crippen molar-refractivity contribution in [3.8, 4) is 0 Å². The van der Waals surface area contributed by atoms with Gasteiger partial charge in [0.05, 0.1) is 4.90 Å². The van der Waals surface area contributed by atoms with E-state index in [0.29, 0.717) is 22.6 Å². The molecule has 0 saturated carbocycles. The minimum atomic E-state index is -3.48. The van der Waals surface area contributed by atoms with Crippen molar-refractivity contribution in [2.75, 3.05) is 12.3 Å². The SMILES string of the molecule is CCCCC(CC)CNS(=O)(=O)c1ccc(Br)c(N)c1. The van der Waals surface area contributed by atoms with Crippen molar-refractivity contribution in [1.29, 1.82) is 0 Å². The van der Waals surface area contributed by atoms with Gasteiger partial charge in [-0.15, -0.1) is 0 Å². The number of nitrogens with two attached hydrogens (primary N) is 1. The van der Waals surface area contributed by atoms with E-state index in [9.17, 15) is 8.42 Å². The van der Waals surface area contributed by atoms with Crippen molar-refractivity contribution in [3.05, 3.63) is 22.7 Å². The van der Waals surface area contributed by atoms with Crippen LogP contribution in [0.5, 0.6) is 0 Å². The maximum absolute atomic E-state index is 12.2. The minimum Gasteiger partial charge on any atom is -0.398 e. The number of sulfonamides is 1. The summed E-state index contributed by atoms with van der Waals surface area (Å²) in [5, 5.41) is 0. The molecule has 0 aliphatic rings. The zero-order valence-electron chi connectivity index (χ0n) is 12.0. The highest BCUT2D eigenvalue weighted by atomic mass is 79.9. The Morgan fingerprint density at radius 1 is 1.35 bits per heavy atom. The maximum atomic E-state index is 12.2. The minimum absolute atomic E-state index is 0.212. The standard InChI is InChI=1S/C14H23BrN2O2S/c1-3-5-6-11(4-2)10-17-20(18,19)12-7-8-13(15)14(16)9-12/h7-9,11,17H,3-6,10,16H2,1-2H3. The monoisotopic (exact) mass is 362 g/mol. The summed E-state index contributed by atoms with van der Waals surface area (Å²) in [7, 11) is -3.48. The lowest BCUT2D eigenvalue weighted by molar-refractivity contribution is 0.444. The normalized spacial score (nSPS) is 13.3. The summed E-state index contributed by atoms with van der Waals surface area (Å²) >= 11 is 3.26. The van der Waals surface area contributed by atoms with E-state index in [4.69, 9.17) is 5.73 Å². The molecule has 0 radical (unpaired) electrons. The number of nitrogen functional groups attached to an aromatic ring is 1. The molecule has 6 heteroatoms. The van der Waals surface area contributed by atoms with Crippen LogP contribution in [0.4, 0.5) is 5.69 Å². The number of rotatable bonds is 8.